The van der Waals surface area contributed by atoms with Crippen LogP contribution in [0.2, 0.25) is 0 Å². The highest BCUT2D eigenvalue weighted by Crippen LogP contribution is 2.42. The minimum atomic E-state index is -0.933. The van der Waals surface area contributed by atoms with Crippen molar-refractivity contribution in [3.05, 3.63) is 53.6 Å². The average Bonchev–Trinajstić information content (AvgIpc) is 2.94. The van der Waals surface area contributed by atoms with Gasteiger partial charge < -0.3 is 40.5 Å². The van der Waals surface area contributed by atoms with Gasteiger partial charge in [-0.05, 0) is 49.8 Å². The molecule has 9 heteroatoms. The Hall–Kier alpha value is -3.43. The van der Waals surface area contributed by atoms with E-state index in [0.717, 1.165) is 51.4 Å². The van der Waals surface area contributed by atoms with Crippen LogP contribution >= 0.6 is 0 Å². The highest BCUT2D eigenvalue weighted by molar-refractivity contribution is 5.66. The first-order valence-electron chi connectivity index (χ1n) is 15.1. The number of hydrogen-bond acceptors (Lipinski definition) is 8. The van der Waals surface area contributed by atoms with E-state index in [1.807, 2.05) is 0 Å². The Bertz CT molecular complexity index is 1110. The van der Waals surface area contributed by atoms with Crippen molar-refractivity contribution in [1.82, 2.24) is 0 Å². The van der Waals surface area contributed by atoms with Crippen LogP contribution in [0.3, 0.4) is 0 Å². The zero-order valence-electron chi connectivity index (χ0n) is 24.6. The second-order valence-electron chi connectivity index (χ2n) is 10.9. The van der Waals surface area contributed by atoms with Gasteiger partial charge in [-0.1, -0.05) is 70.1 Å². The molecule has 234 valence electrons. The van der Waals surface area contributed by atoms with Gasteiger partial charge in [0.15, 0.2) is 11.5 Å². The number of carboxylic acid groups (broad SMARTS) is 1. The quantitative estimate of drug-likeness (QED) is 0.0647. The number of phenolic OH excluding ortho intramolecular Hbond substituents is 4. The fourth-order valence-corrected chi connectivity index (χ4v) is 4.83. The fourth-order valence-electron chi connectivity index (χ4n) is 4.83. The van der Waals surface area contributed by atoms with Crippen molar-refractivity contribution >= 4 is 5.97 Å². The first-order chi connectivity index (χ1) is 20.1. The van der Waals surface area contributed by atoms with Crippen molar-refractivity contribution in [2.75, 3.05) is 0 Å². The van der Waals surface area contributed by atoms with Gasteiger partial charge in [0.05, 0.1) is 12.2 Å². The minimum absolute atomic E-state index is 0.143. The van der Waals surface area contributed by atoms with Gasteiger partial charge in [-0.3, -0.25) is 4.79 Å². The summed E-state index contributed by atoms with van der Waals surface area (Å²) < 4.78 is 5.62. The van der Waals surface area contributed by atoms with E-state index >= 15 is 0 Å². The van der Waals surface area contributed by atoms with E-state index in [0.29, 0.717) is 17.5 Å². The molecule has 0 bridgehead atoms. The summed E-state index contributed by atoms with van der Waals surface area (Å²) in [6.45, 7) is 2.20. The molecule has 0 radical (unpaired) electrons. The molecule has 0 spiro atoms. The maximum Gasteiger partial charge on any atom is 0.303 e. The number of aliphatic hydroxyl groups excluding tert-OH is 2. The smallest absolute Gasteiger partial charge is 0.303 e. The Morgan fingerprint density at radius 1 is 0.905 bits per heavy atom. The SMILES string of the molecule is CCCCCC[C@@H](O)C/C=C\CCCCCCCC(=O)O.Oc1cc(O)c2c(c1)O[C@H](c1ccc(O)c(O)c1)[C@@H](O)C2. The molecular formula is C33H48O9. The number of phenols is 4. The van der Waals surface area contributed by atoms with Crippen molar-refractivity contribution in [2.24, 2.45) is 0 Å². The summed E-state index contributed by atoms with van der Waals surface area (Å²) in [6, 6.07) is 6.67. The Morgan fingerprint density at radius 2 is 1.62 bits per heavy atom. The third kappa shape index (κ3) is 12.6. The molecule has 0 aromatic heterocycles. The number of aromatic hydroxyl groups is 4. The zero-order chi connectivity index (χ0) is 30.9. The molecule has 7 N–H and O–H groups in total. The van der Waals surface area contributed by atoms with Gasteiger partial charge in [0.1, 0.15) is 23.4 Å². The molecule has 0 aliphatic carbocycles. The summed E-state index contributed by atoms with van der Waals surface area (Å²) in [6.07, 6.45) is 15.8. The number of aliphatic carboxylic acids is 1. The van der Waals surface area contributed by atoms with Crippen LogP contribution in [-0.2, 0) is 11.2 Å². The first kappa shape index (κ1) is 34.8. The molecule has 0 fully saturated rings. The standard InChI is InChI=1S/C18H34O3.C15H14O6/c1-2-3-4-11-14-17(19)15-12-9-7-5-6-8-10-13-16-18(20)21;16-8-4-11(18)9-6-13(20)15(21-14(9)5-8)7-1-2-10(17)12(19)3-7/h9,12,17,19H,2-8,10-11,13-16H2,1H3,(H,20,21);1-5,13,15-20H,6H2/b12-9-;/t17-;13-,15+/m10/s1. The molecule has 3 rings (SSSR count). The van der Waals surface area contributed by atoms with Crippen molar-refractivity contribution in [3.63, 3.8) is 0 Å². The van der Waals surface area contributed by atoms with E-state index in [2.05, 4.69) is 19.1 Å². The Labute approximate surface area is 248 Å². The number of fused-ring (bicyclic) bond motifs is 1. The van der Waals surface area contributed by atoms with Crippen LogP contribution in [0.1, 0.15) is 108 Å². The lowest BCUT2D eigenvalue weighted by Crippen LogP contribution is -2.30. The van der Waals surface area contributed by atoms with Crippen molar-refractivity contribution in [3.8, 4) is 28.7 Å². The summed E-state index contributed by atoms with van der Waals surface area (Å²) in [5.41, 5.74) is 0.894. The van der Waals surface area contributed by atoms with Gasteiger partial charge in [0.25, 0.3) is 0 Å². The molecule has 0 saturated carbocycles. The summed E-state index contributed by atoms with van der Waals surface area (Å²) in [7, 11) is 0. The molecule has 0 unspecified atom stereocenters. The van der Waals surface area contributed by atoms with Crippen molar-refractivity contribution in [1.29, 1.82) is 0 Å². The van der Waals surface area contributed by atoms with E-state index in [1.54, 1.807) is 0 Å². The zero-order valence-corrected chi connectivity index (χ0v) is 24.6. The molecule has 2 aromatic carbocycles. The molecule has 0 amide bonds. The van der Waals surface area contributed by atoms with Crippen molar-refractivity contribution in [2.45, 2.75) is 115 Å². The van der Waals surface area contributed by atoms with Gasteiger partial charge in [-0.2, -0.15) is 0 Å². The van der Waals surface area contributed by atoms with Crippen molar-refractivity contribution < 1.29 is 45.3 Å². The van der Waals surface area contributed by atoms with E-state index in [-0.39, 0.29) is 41.3 Å². The lowest BCUT2D eigenvalue weighted by Gasteiger charge is -2.31. The first-order valence-corrected chi connectivity index (χ1v) is 15.1. The Kier molecular flexibility index (Phi) is 15.6. The summed E-state index contributed by atoms with van der Waals surface area (Å²) >= 11 is 0. The van der Waals surface area contributed by atoms with Crippen LogP contribution in [0.4, 0.5) is 0 Å². The van der Waals surface area contributed by atoms with Crippen LogP contribution in [0.15, 0.2) is 42.5 Å². The second kappa shape index (κ2) is 18.9. The molecule has 3 atom stereocenters. The minimum Gasteiger partial charge on any atom is -0.508 e. The van der Waals surface area contributed by atoms with E-state index in [1.165, 1.54) is 56.0 Å². The predicted octanol–water partition coefficient (Wildman–Crippen LogP) is 6.63. The third-order valence-corrected chi connectivity index (χ3v) is 7.24. The van der Waals surface area contributed by atoms with E-state index in [4.69, 9.17) is 9.84 Å². The fraction of sp³-hybridized carbons (Fsp3) is 0.545. The average molecular weight is 589 g/mol. The predicted molar refractivity (Wildman–Crippen MR) is 161 cm³/mol. The number of ether oxygens (including phenoxy) is 1. The maximum atomic E-state index is 10.3. The summed E-state index contributed by atoms with van der Waals surface area (Å²) in [4.78, 5) is 10.3. The number of rotatable bonds is 16. The van der Waals surface area contributed by atoms with Crippen LogP contribution in [-0.4, -0.2) is 53.9 Å². The number of benzene rings is 2. The number of carbonyl (C=O) groups is 1. The Morgan fingerprint density at radius 3 is 2.33 bits per heavy atom. The highest BCUT2D eigenvalue weighted by Gasteiger charge is 2.32. The number of unbranched alkanes of at least 4 members (excludes halogenated alkanes) is 8. The van der Waals surface area contributed by atoms with Gasteiger partial charge in [-0.25, -0.2) is 0 Å². The monoisotopic (exact) mass is 588 g/mol. The number of hydrogen-bond donors (Lipinski definition) is 7. The molecule has 1 aliphatic heterocycles. The number of allylic oxidation sites excluding steroid dienone is 1. The number of carboxylic acids is 1. The maximum absolute atomic E-state index is 10.3. The Balaban J connectivity index is 0.000000293. The van der Waals surface area contributed by atoms with E-state index < -0.39 is 18.2 Å². The molecule has 1 aliphatic rings. The molecular weight excluding hydrogens is 540 g/mol. The van der Waals surface area contributed by atoms with Gasteiger partial charge in [-0.15, -0.1) is 0 Å². The van der Waals surface area contributed by atoms with Gasteiger partial charge in [0.2, 0.25) is 0 Å². The lowest BCUT2D eigenvalue weighted by molar-refractivity contribution is -0.137. The normalized spacial score (nSPS) is 16.7. The molecule has 2 aromatic rings. The molecule has 42 heavy (non-hydrogen) atoms. The molecule has 9 nitrogen and oxygen atoms in total. The molecule has 1 heterocycles. The van der Waals surface area contributed by atoms with Crippen LogP contribution in [0, 0.1) is 0 Å². The number of aliphatic hydroxyl groups is 2. The second-order valence-corrected chi connectivity index (χ2v) is 10.9. The largest absolute Gasteiger partial charge is 0.508 e. The topological polar surface area (TPSA) is 168 Å². The van der Waals surface area contributed by atoms with Gasteiger partial charge >= 0.3 is 5.97 Å². The van der Waals surface area contributed by atoms with E-state index in [9.17, 15) is 35.4 Å². The van der Waals surface area contributed by atoms with Crippen LogP contribution in [0.25, 0.3) is 0 Å². The lowest BCUT2D eigenvalue weighted by atomic mass is 9.94. The highest BCUT2D eigenvalue weighted by atomic mass is 16.5. The van der Waals surface area contributed by atoms with Crippen LogP contribution < -0.4 is 4.74 Å². The van der Waals surface area contributed by atoms with Crippen LogP contribution in [0.5, 0.6) is 28.7 Å². The van der Waals surface area contributed by atoms with Gasteiger partial charge in [0, 0.05) is 30.5 Å². The summed E-state index contributed by atoms with van der Waals surface area (Å²) in [5, 5.41) is 66.6. The molecule has 0 saturated heterocycles. The summed E-state index contributed by atoms with van der Waals surface area (Å²) in [5.74, 6) is -1.28. The third-order valence-electron chi connectivity index (χ3n) is 7.24.